The molecule has 1 aliphatic heterocycles. The summed E-state index contributed by atoms with van der Waals surface area (Å²) >= 11 is 0. The molecule has 0 aliphatic carbocycles. The molecular weight excluding hydrogens is 416 g/mol. The van der Waals surface area contributed by atoms with Gasteiger partial charge in [-0.3, -0.25) is 4.79 Å². The number of anilines is 1. The number of hydrogen-bond donors (Lipinski definition) is 1. The van der Waals surface area contributed by atoms with E-state index in [1.54, 1.807) is 49.4 Å². The minimum absolute atomic E-state index is 0.0893. The monoisotopic (exact) mass is 436 g/mol. The average Bonchev–Trinajstić information content (AvgIpc) is 3.07. The summed E-state index contributed by atoms with van der Waals surface area (Å²) in [6.45, 7) is 8.90. The van der Waals surface area contributed by atoms with Crippen molar-refractivity contribution in [3.63, 3.8) is 0 Å². The van der Waals surface area contributed by atoms with Crippen LogP contribution in [-0.4, -0.2) is 24.1 Å². The van der Waals surface area contributed by atoms with Crippen molar-refractivity contribution >= 4 is 23.3 Å². The number of nitrogens with one attached hydrogen (secondary N) is 1. The molecule has 1 N–H and O–H groups in total. The van der Waals surface area contributed by atoms with Crippen molar-refractivity contribution in [2.24, 2.45) is 0 Å². The number of hydrogen-bond acceptors (Lipinski definition) is 4. The van der Waals surface area contributed by atoms with Gasteiger partial charge >= 0.3 is 6.03 Å². The first kappa shape index (κ1) is 21.6. The maximum Gasteiger partial charge on any atom is 0.329 e. The lowest BCUT2D eigenvalue weighted by atomic mass is 9.91. The number of amides is 3. The summed E-state index contributed by atoms with van der Waals surface area (Å²) in [6, 6.07) is 22.3. The Morgan fingerprint density at radius 3 is 2.45 bits per heavy atom. The van der Waals surface area contributed by atoms with E-state index < -0.39 is 17.5 Å². The number of urea groups is 1. The second-order valence-corrected chi connectivity index (χ2v) is 7.82. The lowest BCUT2D eigenvalue weighted by Gasteiger charge is -2.27. The smallest absolute Gasteiger partial charge is 0.329 e. The minimum Gasteiger partial charge on any atom is -0.491 e. The highest BCUT2D eigenvalue weighted by Crippen LogP contribution is 2.31. The highest BCUT2D eigenvalue weighted by molar-refractivity contribution is 6.23. The predicted molar refractivity (Wildman–Crippen MR) is 123 cm³/mol. The van der Waals surface area contributed by atoms with Crippen LogP contribution in [0.1, 0.15) is 16.7 Å². The van der Waals surface area contributed by atoms with E-state index in [2.05, 4.69) is 10.2 Å². The van der Waals surface area contributed by atoms with Crippen molar-refractivity contribution in [2.75, 3.05) is 11.5 Å². The summed E-state index contributed by atoms with van der Waals surface area (Å²) < 4.78 is 5.92. The Balaban J connectivity index is 1.67. The van der Waals surface area contributed by atoms with Crippen molar-refractivity contribution in [3.8, 4) is 11.8 Å². The Labute approximate surface area is 191 Å². The lowest BCUT2D eigenvalue weighted by molar-refractivity contribution is -0.123. The van der Waals surface area contributed by atoms with E-state index in [0.717, 1.165) is 10.5 Å². The number of aryl methyl sites for hydroxylation is 1. The van der Waals surface area contributed by atoms with Crippen molar-refractivity contribution in [1.82, 2.24) is 5.32 Å². The summed E-state index contributed by atoms with van der Waals surface area (Å²) in [7, 11) is 0. The highest BCUT2D eigenvalue weighted by Gasteiger charge is 2.52. The first-order valence-electron chi connectivity index (χ1n) is 10.3. The van der Waals surface area contributed by atoms with Gasteiger partial charge in [0, 0.05) is 6.42 Å². The molecule has 0 saturated carbocycles. The Morgan fingerprint density at radius 2 is 1.82 bits per heavy atom. The Hall–Kier alpha value is -4.62. The van der Waals surface area contributed by atoms with Gasteiger partial charge in [-0.25, -0.2) is 14.5 Å². The van der Waals surface area contributed by atoms with Crippen molar-refractivity contribution in [2.45, 2.75) is 18.9 Å². The quantitative estimate of drug-likeness (QED) is 0.454. The molecule has 0 aromatic heterocycles. The minimum atomic E-state index is -1.32. The number of nitrogens with zero attached hydrogens (tertiary/aromatic N) is 3. The Morgan fingerprint density at radius 1 is 1.09 bits per heavy atom. The summed E-state index contributed by atoms with van der Waals surface area (Å²) in [4.78, 5) is 31.2. The van der Waals surface area contributed by atoms with Crippen molar-refractivity contribution in [1.29, 1.82) is 5.26 Å². The van der Waals surface area contributed by atoms with Gasteiger partial charge in [-0.05, 0) is 54.4 Å². The Kier molecular flexibility index (Phi) is 5.80. The van der Waals surface area contributed by atoms with Crippen LogP contribution in [0, 0.1) is 24.8 Å². The number of imide groups is 1. The van der Waals surface area contributed by atoms with Crippen molar-refractivity contribution < 1.29 is 14.3 Å². The van der Waals surface area contributed by atoms with Gasteiger partial charge in [-0.15, -0.1) is 0 Å². The van der Waals surface area contributed by atoms with Crippen LogP contribution in [0.4, 0.5) is 16.2 Å². The summed E-state index contributed by atoms with van der Waals surface area (Å²) in [5.41, 5.74) is 1.59. The van der Waals surface area contributed by atoms with Crippen LogP contribution < -0.4 is 15.0 Å². The van der Waals surface area contributed by atoms with Gasteiger partial charge in [-0.2, -0.15) is 5.26 Å². The summed E-state index contributed by atoms with van der Waals surface area (Å²) in [6.07, 6.45) is 0.240. The third kappa shape index (κ3) is 4.26. The predicted octanol–water partition coefficient (Wildman–Crippen LogP) is 4.53. The van der Waals surface area contributed by atoms with E-state index in [9.17, 15) is 9.59 Å². The van der Waals surface area contributed by atoms with E-state index in [0.29, 0.717) is 28.3 Å². The van der Waals surface area contributed by atoms with E-state index in [1.807, 2.05) is 36.4 Å². The second-order valence-electron chi connectivity index (χ2n) is 7.82. The number of carbonyl (C=O) groups is 2. The number of benzene rings is 3. The molecule has 4 rings (SSSR count). The van der Waals surface area contributed by atoms with E-state index in [-0.39, 0.29) is 13.0 Å². The molecule has 7 nitrogen and oxygen atoms in total. The zero-order valence-corrected chi connectivity index (χ0v) is 17.9. The van der Waals surface area contributed by atoms with Crippen LogP contribution in [0.3, 0.4) is 0 Å². The van der Waals surface area contributed by atoms with Crippen LogP contribution >= 0.6 is 0 Å². The summed E-state index contributed by atoms with van der Waals surface area (Å²) in [5, 5.41) is 11.8. The SMILES string of the molecule is [C-]#[N+]c1ccc(N2C(=O)N[C@](COc3ccc(C#N)cc3)(Cc3ccccc3)C2=O)cc1C. The molecule has 7 heteroatoms. The molecule has 1 fully saturated rings. The maximum atomic E-state index is 13.7. The lowest BCUT2D eigenvalue weighted by Crippen LogP contribution is -2.53. The van der Waals surface area contributed by atoms with Crippen LogP contribution in [-0.2, 0) is 11.2 Å². The largest absolute Gasteiger partial charge is 0.491 e. The standard InChI is InChI=1S/C26H20N4O3/c1-18-14-21(10-13-23(18)28-2)30-24(31)26(29-25(30)32,15-19-6-4-3-5-7-19)17-33-22-11-8-20(16-27)9-12-22/h3-14H,15,17H2,1H3,(H,29,32)/t26-/m0/s1. The molecule has 1 saturated heterocycles. The normalized spacial score (nSPS) is 17.2. The first-order chi connectivity index (χ1) is 16.0. The fraction of sp³-hybridized carbons (Fsp3) is 0.154. The van der Waals surface area contributed by atoms with Gasteiger partial charge < -0.3 is 10.1 Å². The summed E-state index contributed by atoms with van der Waals surface area (Å²) in [5.74, 6) is 0.0548. The topological polar surface area (TPSA) is 86.8 Å². The first-order valence-corrected chi connectivity index (χ1v) is 10.3. The van der Waals surface area contributed by atoms with Gasteiger partial charge in [0.1, 0.15) is 12.4 Å². The van der Waals surface area contributed by atoms with E-state index in [4.69, 9.17) is 16.6 Å². The third-order valence-electron chi connectivity index (χ3n) is 5.54. The number of carbonyl (C=O) groups excluding carboxylic acids is 2. The average molecular weight is 436 g/mol. The molecule has 3 aromatic rings. The molecular formula is C26H20N4O3. The zero-order chi connectivity index (χ0) is 23.4. The molecule has 1 heterocycles. The van der Waals surface area contributed by atoms with E-state index in [1.165, 1.54) is 0 Å². The molecule has 0 spiro atoms. The van der Waals surface area contributed by atoms with Gasteiger partial charge in [0.2, 0.25) is 0 Å². The fourth-order valence-corrected chi connectivity index (χ4v) is 3.80. The fourth-order valence-electron chi connectivity index (χ4n) is 3.80. The molecule has 0 radical (unpaired) electrons. The molecule has 1 aliphatic rings. The van der Waals surface area contributed by atoms with Gasteiger partial charge in [-0.1, -0.05) is 36.4 Å². The van der Waals surface area contributed by atoms with Crippen LogP contribution in [0.25, 0.3) is 4.85 Å². The van der Waals surface area contributed by atoms with Gasteiger partial charge in [0.25, 0.3) is 5.91 Å². The highest BCUT2D eigenvalue weighted by atomic mass is 16.5. The van der Waals surface area contributed by atoms with Gasteiger partial charge in [0.15, 0.2) is 11.2 Å². The number of ether oxygens (including phenoxy) is 1. The second kappa shape index (κ2) is 8.86. The molecule has 3 aromatic carbocycles. The Bertz CT molecular complexity index is 1290. The number of rotatable bonds is 6. The zero-order valence-electron chi connectivity index (χ0n) is 17.9. The van der Waals surface area contributed by atoms with Gasteiger partial charge in [0.05, 0.1) is 23.9 Å². The maximum absolute atomic E-state index is 13.7. The third-order valence-corrected chi connectivity index (χ3v) is 5.54. The molecule has 162 valence electrons. The number of nitriles is 1. The van der Waals surface area contributed by atoms with E-state index >= 15 is 0 Å². The molecule has 0 unspecified atom stereocenters. The molecule has 33 heavy (non-hydrogen) atoms. The van der Waals surface area contributed by atoms with Crippen LogP contribution in [0.2, 0.25) is 0 Å². The molecule has 0 bridgehead atoms. The molecule has 1 atom stereocenters. The molecule has 3 amide bonds. The van der Waals surface area contributed by atoms with Crippen molar-refractivity contribution in [3.05, 3.63) is 101 Å². The van der Waals surface area contributed by atoms with Crippen LogP contribution in [0.15, 0.2) is 72.8 Å². The van der Waals surface area contributed by atoms with Crippen LogP contribution in [0.5, 0.6) is 5.75 Å².